The highest BCUT2D eigenvalue weighted by Crippen LogP contribution is 2.34. The van der Waals surface area contributed by atoms with E-state index >= 15 is 0 Å². The highest BCUT2D eigenvalue weighted by Gasteiger charge is 2.33. The van der Waals surface area contributed by atoms with Gasteiger partial charge in [0, 0.05) is 28.9 Å². The Bertz CT molecular complexity index is 1340. The molecule has 206 valence electrons. The van der Waals surface area contributed by atoms with Crippen LogP contribution in [-0.4, -0.2) is 36.1 Å². The summed E-state index contributed by atoms with van der Waals surface area (Å²) in [5.74, 6) is 1.03. The molecule has 0 radical (unpaired) electrons. The molecule has 39 heavy (non-hydrogen) atoms. The van der Waals surface area contributed by atoms with Crippen LogP contribution in [0.1, 0.15) is 44.3 Å². The van der Waals surface area contributed by atoms with Gasteiger partial charge in [0.25, 0.3) is 11.8 Å². The molecule has 12 heteroatoms. The minimum absolute atomic E-state index is 0.0910. The summed E-state index contributed by atoms with van der Waals surface area (Å²) < 4.78 is 39.8. The van der Waals surface area contributed by atoms with Gasteiger partial charge in [-0.25, -0.2) is 5.43 Å². The zero-order valence-electron chi connectivity index (χ0n) is 20.7. The molecule has 0 saturated heterocycles. The van der Waals surface area contributed by atoms with Crippen LogP contribution in [0.4, 0.5) is 18.9 Å². The Morgan fingerprint density at radius 3 is 2.49 bits per heavy atom. The summed E-state index contributed by atoms with van der Waals surface area (Å²) in [6.45, 7) is 3.71. The van der Waals surface area contributed by atoms with Crippen molar-refractivity contribution in [2.75, 3.05) is 23.4 Å². The van der Waals surface area contributed by atoms with Crippen LogP contribution < -0.4 is 16.1 Å². The first-order valence-corrected chi connectivity index (χ1v) is 14.1. The molecule has 3 aromatic rings. The molecule has 3 N–H and O–H groups in total. The van der Waals surface area contributed by atoms with Gasteiger partial charge in [-0.15, -0.1) is 0 Å². The largest absolute Gasteiger partial charge is 0.417 e. The highest BCUT2D eigenvalue weighted by atomic mass is 79.9. The van der Waals surface area contributed by atoms with E-state index in [1.54, 1.807) is 24.3 Å². The van der Waals surface area contributed by atoms with Crippen molar-refractivity contribution < 1.29 is 22.8 Å². The molecule has 0 heterocycles. The second kappa shape index (κ2) is 14.5. The van der Waals surface area contributed by atoms with Crippen molar-refractivity contribution >= 4 is 63.0 Å². The Hall–Kier alpha value is -2.86. The minimum atomic E-state index is -4.63. The molecule has 6 nitrogen and oxygen atoms in total. The third-order valence-electron chi connectivity index (χ3n) is 5.32. The number of benzene rings is 3. The van der Waals surface area contributed by atoms with Gasteiger partial charge in [0.15, 0.2) is 0 Å². The van der Waals surface area contributed by atoms with Crippen molar-refractivity contribution in [3.05, 3.63) is 98.0 Å². The summed E-state index contributed by atoms with van der Waals surface area (Å²) >= 11 is 10.8. The van der Waals surface area contributed by atoms with Gasteiger partial charge in [0.1, 0.15) is 0 Å². The summed E-state index contributed by atoms with van der Waals surface area (Å²) in [4.78, 5) is 25.7. The second-order valence-corrected chi connectivity index (χ2v) is 10.9. The van der Waals surface area contributed by atoms with Gasteiger partial charge in [-0.3, -0.25) is 9.59 Å². The molecule has 0 atom stereocenters. The third kappa shape index (κ3) is 9.38. The Morgan fingerprint density at radius 1 is 1.05 bits per heavy atom. The first-order chi connectivity index (χ1) is 18.6. The fraction of sp³-hybridized carbons (Fsp3) is 0.222. The number of hydrogen-bond donors (Lipinski definition) is 3. The molecule has 0 spiro atoms. The number of thioether (sulfide) groups is 1. The van der Waals surface area contributed by atoms with Gasteiger partial charge in [-0.2, -0.15) is 30.0 Å². The number of carbonyl (C=O) groups is 2. The summed E-state index contributed by atoms with van der Waals surface area (Å²) in [6.07, 6.45) is -3.56. The lowest BCUT2D eigenvalue weighted by Crippen LogP contribution is -2.21. The van der Waals surface area contributed by atoms with Crippen molar-refractivity contribution in [1.82, 2.24) is 10.7 Å². The molecule has 0 unspecified atom stereocenters. The first kappa shape index (κ1) is 30.7. The van der Waals surface area contributed by atoms with E-state index in [1.807, 2.05) is 23.9 Å². The predicted molar refractivity (Wildman–Crippen MR) is 155 cm³/mol. The average molecular weight is 642 g/mol. The van der Waals surface area contributed by atoms with E-state index < -0.39 is 28.6 Å². The van der Waals surface area contributed by atoms with E-state index in [2.05, 4.69) is 44.0 Å². The molecule has 3 rings (SSSR count). The number of rotatable bonds is 11. The molecule has 0 aliphatic carbocycles. The van der Waals surface area contributed by atoms with Crippen LogP contribution in [0, 0.1) is 0 Å². The van der Waals surface area contributed by atoms with Crippen LogP contribution in [-0.2, 0) is 12.7 Å². The predicted octanol–water partition coefficient (Wildman–Crippen LogP) is 6.98. The molecule has 2 amide bonds. The van der Waals surface area contributed by atoms with Crippen LogP contribution in [0.15, 0.2) is 70.2 Å². The second-order valence-electron chi connectivity index (χ2n) is 8.15. The standard InChI is InChI=1S/C27H25BrClF3N4O2S/c1-2-39-12-11-33-15-17-3-6-19(7-4-17)25(37)35-24-10-8-20(28)14-21(24)26(38)36-34-16-18-5-9-23(29)22(13-18)27(30,31)32/h3-10,13-14,16,33H,2,11-12,15H2,1H3,(H,35,37)(H,36,38)/b34-16-. The van der Waals surface area contributed by atoms with Crippen LogP contribution in [0.3, 0.4) is 0 Å². The quantitative estimate of drug-likeness (QED) is 0.120. The number of hydrazone groups is 1. The molecule has 0 aliphatic heterocycles. The lowest BCUT2D eigenvalue weighted by atomic mass is 10.1. The molecule has 3 aromatic carbocycles. The number of alkyl halides is 3. The van der Waals surface area contributed by atoms with Gasteiger partial charge in [-0.05, 0) is 59.3 Å². The third-order valence-corrected chi connectivity index (χ3v) is 7.05. The number of amides is 2. The van der Waals surface area contributed by atoms with Gasteiger partial charge in [0.2, 0.25) is 0 Å². The molecule has 0 saturated carbocycles. The summed E-state index contributed by atoms with van der Waals surface area (Å²) in [6, 6.07) is 15.1. The van der Waals surface area contributed by atoms with E-state index in [-0.39, 0.29) is 16.8 Å². The van der Waals surface area contributed by atoms with Gasteiger partial charge < -0.3 is 10.6 Å². The fourth-order valence-electron chi connectivity index (χ4n) is 3.37. The number of hydrogen-bond acceptors (Lipinski definition) is 5. The molecule has 0 aliphatic rings. The number of nitrogens with one attached hydrogen (secondary N) is 3. The summed E-state index contributed by atoms with van der Waals surface area (Å²) in [5.41, 5.74) is 3.15. The van der Waals surface area contributed by atoms with Gasteiger partial charge in [0.05, 0.1) is 28.1 Å². The average Bonchev–Trinajstić information content (AvgIpc) is 2.90. The van der Waals surface area contributed by atoms with Crippen molar-refractivity contribution in [2.24, 2.45) is 5.10 Å². The number of carbonyl (C=O) groups excluding carboxylic acids is 2. The number of anilines is 1. The molecule has 0 fully saturated rings. The summed E-state index contributed by atoms with van der Waals surface area (Å²) in [7, 11) is 0. The maximum atomic E-state index is 13.1. The molecular weight excluding hydrogens is 617 g/mol. The smallest absolute Gasteiger partial charge is 0.321 e. The monoisotopic (exact) mass is 640 g/mol. The van der Waals surface area contributed by atoms with Crippen LogP contribution in [0.5, 0.6) is 0 Å². The van der Waals surface area contributed by atoms with Gasteiger partial charge >= 0.3 is 6.18 Å². The number of halogens is 5. The lowest BCUT2D eigenvalue weighted by molar-refractivity contribution is -0.137. The Kier molecular flexibility index (Phi) is 11.4. The van der Waals surface area contributed by atoms with Crippen molar-refractivity contribution in [1.29, 1.82) is 0 Å². The van der Waals surface area contributed by atoms with E-state index in [1.165, 1.54) is 12.1 Å². The maximum Gasteiger partial charge on any atom is 0.417 e. The van der Waals surface area contributed by atoms with Crippen molar-refractivity contribution in [2.45, 2.75) is 19.6 Å². The zero-order chi connectivity index (χ0) is 28.4. The highest BCUT2D eigenvalue weighted by molar-refractivity contribution is 9.10. The zero-order valence-corrected chi connectivity index (χ0v) is 23.9. The van der Waals surface area contributed by atoms with Crippen LogP contribution >= 0.6 is 39.3 Å². The minimum Gasteiger partial charge on any atom is -0.321 e. The lowest BCUT2D eigenvalue weighted by Gasteiger charge is -2.11. The number of nitrogens with zero attached hydrogens (tertiary/aromatic N) is 1. The Morgan fingerprint density at radius 2 is 1.79 bits per heavy atom. The normalized spacial score (nSPS) is 11.5. The van der Waals surface area contributed by atoms with Crippen molar-refractivity contribution in [3.63, 3.8) is 0 Å². The maximum absolute atomic E-state index is 13.1. The van der Waals surface area contributed by atoms with E-state index in [4.69, 9.17) is 11.6 Å². The Balaban J connectivity index is 1.66. The van der Waals surface area contributed by atoms with E-state index in [9.17, 15) is 22.8 Å². The van der Waals surface area contributed by atoms with Crippen molar-refractivity contribution in [3.8, 4) is 0 Å². The Labute approximate surface area is 241 Å². The first-order valence-electron chi connectivity index (χ1n) is 11.8. The molecular formula is C27H25BrClF3N4O2S. The summed E-state index contributed by atoms with van der Waals surface area (Å²) in [5, 5.41) is 9.40. The molecule has 0 bridgehead atoms. The van der Waals surface area contributed by atoms with Crippen LogP contribution in [0.25, 0.3) is 0 Å². The topological polar surface area (TPSA) is 82.6 Å². The van der Waals surface area contributed by atoms with Gasteiger partial charge in [-0.1, -0.05) is 52.7 Å². The molecule has 0 aromatic heterocycles. The van der Waals surface area contributed by atoms with E-state index in [0.717, 1.165) is 42.0 Å². The van der Waals surface area contributed by atoms with E-state index in [0.29, 0.717) is 16.6 Å². The SMILES string of the molecule is CCSCCNCc1ccc(C(=O)Nc2ccc(Br)cc2C(=O)N/N=C\c2ccc(Cl)c(C(F)(F)F)c2)cc1. The fourth-order valence-corrected chi connectivity index (χ4v) is 4.53. The van der Waals surface area contributed by atoms with Crippen LogP contribution in [0.2, 0.25) is 5.02 Å².